The van der Waals surface area contributed by atoms with Crippen molar-refractivity contribution in [2.75, 3.05) is 6.54 Å². The Bertz CT molecular complexity index is 550. The monoisotopic (exact) mass is 269 g/mol. The molecular formula is C17H19NS. The van der Waals surface area contributed by atoms with Gasteiger partial charge in [0.2, 0.25) is 0 Å². The van der Waals surface area contributed by atoms with Crippen LogP contribution in [0.5, 0.6) is 0 Å². The predicted molar refractivity (Wildman–Crippen MR) is 81.7 cm³/mol. The second-order valence-corrected chi connectivity index (χ2v) is 6.25. The van der Waals surface area contributed by atoms with Gasteiger partial charge in [0, 0.05) is 9.79 Å². The zero-order valence-corrected chi connectivity index (χ0v) is 11.8. The van der Waals surface area contributed by atoms with Crippen LogP contribution in [0.1, 0.15) is 29.9 Å². The van der Waals surface area contributed by atoms with Gasteiger partial charge in [-0.1, -0.05) is 36.0 Å². The van der Waals surface area contributed by atoms with Gasteiger partial charge in [0.05, 0.1) is 0 Å². The molecule has 0 aliphatic heterocycles. The zero-order valence-electron chi connectivity index (χ0n) is 11.0. The van der Waals surface area contributed by atoms with Gasteiger partial charge in [-0.25, -0.2) is 0 Å². The van der Waals surface area contributed by atoms with E-state index >= 15 is 0 Å². The van der Waals surface area contributed by atoms with Crippen molar-refractivity contribution < 1.29 is 0 Å². The molecule has 0 bridgehead atoms. The van der Waals surface area contributed by atoms with Gasteiger partial charge in [-0.05, 0) is 67.1 Å². The van der Waals surface area contributed by atoms with Crippen LogP contribution in [0.4, 0.5) is 0 Å². The Labute approximate surface area is 119 Å². The molecule has 0 aromatic heterocycles. The van der Waals surface area contributed by atoms with Crippen LogP contribution in [0.15, 0.2) is 58.3 Å². The highest BCUT2D eigenvalue weighted by molar-refractivity contribution is 7.99. The Kier molecular flexibility index (Phi) is 3.90. The van der Waals surface area contributed by atoms with Gasteiger partial charge in [-0.15, -0.1) is 0 Å². The number of hydrogen-bond acceptors (Lipinski definition) is 2. The summed E-state index contributed by atoms with van der Waals surface area (Å²) >= 11 is 1.84. The van der Waals surface area contributed by atoms with Crippen LogP contribution in [-0.2, 0) is 6.42 Å². The van der Waals surface area contributed by atoms with Gasteiger partial charge >= 0.3 is 0 Å². The fraction of sp³-hybridized carbons (Fsp3) is 0.294. The standard InChI is InChI=1S/C17H19NS/c18-12-14-6-4-5-13-11-16(9-10-17(13)14)19-15-7-2-1-3-8-15/h1-3,7-11,14H,4-6,12,18H2. The molecule has 1 aliphatic carbocycles. The minimum atomic E-state index is 0.569. The van der Waals surface area contributed by atoms with E-state index in [0.717, 1.165) is 6.54 Å². The summed E-state index contributed by atoms with van der Waals surface area (Å²) in [5.74, 6) is 0.569. The Morgan fingerprint density at radius 2 is 1.89 bits per heavy atom. The highest BCUT2D eigenvalue weighted by atomic mass is 32.2. The van der Waals surface area contributed by atoms with Gasteiger partial charge in [-0.3, -0.25) is 0 Å². The molecule has 1 atom stereocenters. The molecular weight excluding hydrogens is 250 g/mol. The van der Waals surface area contributed by atoms with Crippen molar-refractivity contribution in [2.45, 2.75) is 35.0 Å². The van der Waals surface area contributed by atoms with E-state index in [0.29, 0.717) is 5.92 Å². The molecule has 0 spiro atoms. The lowest BCUT2D eigenvalue weighted by molar-refractivity contribution is 0.560. The summed E-state index contributed by atoms with van der Waals surface area (Å²) in [6, 6.07) is 17.4. The van der Waals surface area contributed by atoms with Crippen LogP contribution in [0, 0.1) is 0 Å². The zero-order chi connectivity index (χ0) is 13.1. The first-order chi connectivity index (χ1) is 9.36. The summed E-state index contributed by atoms with van der Waals surface area (Å²) in [7, 11) is 0. The quantitative estimate of drug-likeness (QED) is 0.903. The lowest BCUT2D eigenvalue weighted by Crippen LogP contribution is -2.18. The maximum absolute atomic E-state index is 5.87. The number of aryl methyl sites for hydroxylation is 1. The number of rotatable bonds is 3. The van der Waals surface area contributed by atoms with Gasteiger partial charge in [0.1, 0.15) is 0 Å². The van der Waals surface area contributed by atoms with Gasteiger partial charge in [0.25, 0.3) is 0 Å². The summed E-state index contributed by atoms with van der Waals surface area (Å²) in [5, 5.41) is 0. The van der Waals surface area contributed by atoms with E-state index in [1.165, 1.54) is 40.2 Å². The third-order valence-corrected chi connectivity index (χ3v) is 4.81. The molecule has 0 radical (unpaired) electrons. The predicted octanol–water partition coefficient (Wildman–Crippen LogP) is 4.22. The van der Waals surface area contributed by atoms with Crippen LogP contribution in [-0.4, -0.2) is 6.54 Å². The molecule has 2 N–H and O–H groups in total. The van der Waals surface area contributed by atoms with E-state index in [1.807, 2.05) is 11.8 Å². The van der Waals surface area contributed by atoms with Crippen molar-refractivity contribution in [3.63, 3.8) is 0 Å². The molecule has 1 aliphatic rings. The minimum Gasteiger partial charge on any atom is -0.330 e. The van der Waals surface area contributed by atoms with E-state index in [9.17, 15) is 0 Å². The average molecular weight is 269 g/mol. The highest BCUT2D eigenvalue weighted by Crippen LogP contribution is 2.35. The average Bonchev–Trinajstić information content (AvgIpc) is 2.47. The van der Waals surface area contributed by atoms with Gasteiger partial charge in [0.15, 0.2) is 0 Å². The normalized spacial score (nSPS) is 18.1. The minimum absolute atomic E-state index is 0.569. The lowest BCUT2D eigenvalue weighted by Gasteiger charge is -2.24. The molecule has 2 aromatic carbocycles. The fourth-order valence-electron chi connectivity index (χ4n) is 2.82. The van der Waals surface area contributed by atoms with Gasteiger partial charge < -0.3 is 5.73 Å². The lowest BCUT2D eigenvalue weighted by atomic mass is 9.83. The molecule has 0 saturated heterocycles. The summed E-state index contributed by atoms with van der Waals surface area (Å²) in [6.07, 6.45) is 3.72. The number of nitrogens with two attached hydrogens (primary N) is 1. The molecule has 1 unspecified atom stereocenters. The van der Waals surface area contributed by atoms with E-state index in [4.69, 9.17) is 5.73 Å². The first-order valence-corrected chi connectivity index (χ1v) is 7.74. The van der Waals surface area contributed by atoms with Crippen LogP contribution in [0.3, 0.4) is 0 Å². The first kappa shape index (κ1) is 12.8. The molecule has 0 heterocycles. The number of benzene rings is 2. The van der Waals surface area contributed by atoms with Gasteiger partial charge in [-0.2, -0.15) is 0 Å². The largest absolute Gasteiger partial charge is 0.330 e. The van der Waals surface area contributed by atoms with E-state index in [-0.39, 0.29) is 0 Å². The summed E-state index contributed by atoms with van der Waals surface area (Å²) < 4.78 is 0. The Morgan fingerprint density at radius 3 is 2.68 bits per heavy atom. The fourth-order valence-corrected chi connectivity index (χ4v) is 3.73. The molecule has 2 heteroatoms. The van der Waals surface area contributed by atoms with E-state index in [1.54, 1.807) is 0 Å². The molecule has 19 heavy (non-hydrogen) atoms. The molecule has 1 nitrogen and oxygen atoms in total. The topological polar surface area (TPSA) is 26.0 Å². The number of hydrogen-bond donors (Lipinski definition) is 1. The van der Waals surface area contributed by atoms with Crippen LogP contribution >= 0.6 is 11.8 Å². The summed E-state index contributed by atoms with van der Waals surface area (Å²) in [5.41, 5.74) is 8.85. The summed E-state index contributed by atoms with van der Waals surface area (Å²) in [6.45, 7) is 0.776. The third-order valence-electron chi connectivity index (χ3n) is 3.82. The molecule has 0 fully saturated rings. The Balaban J connectivity index is 1.85. The molecule has 98 valence electrons. The Morgan fingerprint density at radius 1 is 1.05 bits per heavy atom. The maximum atomic E-state index is 5.87. The van der Waals surface area contributed by atoms with Crippen LogP contribution in [0.2, 0.25) is 0 Å². The van der Waals surface area contributed by atoms with Crippen molar-refractivity contribution in [1.82, 2.24) is 0 Å². The van der Waals surface area contributed by atoms with Crippen LogP contribution < -0.4 is 5.73 Å². The van der Waals surface area contributed by atoms with Crippen molar-refractivity contribution >= 4 is 11.8 Å². The Hall–Kier alpha value is -1.25. The molecule has 3 rings (SSSR count). The molecule has 0 amide bonds. The van der Waals surface area contributed by atoms with Crippen LogP contribution in [0.25, 0.3) is 0 Å². The van der Waals surface area contributed by atoms with E-state index in [2.05, 4.69) is 48.5 Å². The molecule has 2 aromatic rings. The highest BCUT2D eigenvalue weighted by Gasteiger charge is 2.19. The van der Waals surface area contributed by atoms with Crippen molar-refractivity contribution in [2.24, 2.45) is 5.73 Å². The second kappa shape index (κ2) is 5.81. The first-order valence-electron chi connectivity index (χ1n) is 6.92. The third kappa shape index (κ3) is 2.85. The van der Waals surface area contributed by atoms with Crippen molar-refractivity contribution in [1.29, 1.82) is 0 Å². The van der Waals surface area contributed by atoms with Crippen molar-refractivity contribution in [3.05, 3.63) is 59.7 Å². The maximum Gasteiger partial charge on any atom is 0.0125 e. The SMILES string of the molecule is NCC1CCCc2cc(Sc3ccccc3)ccc21. The van der Waals surface area contributed by atoms with Crippen molar-refractivity contribution in [3.8, 4) is 0 Å². The summed E-state index contributed by atoms with van der Waals surface area (Å²) in [4.78, 5) is 2.64. The van der Waals surface area contributed by atoms with E-state index < -0.39 is 0 Å². The smallest absolute Gasteiger partial charge is 0.0125 e. The number of fused-ring (bicyclic) bond motifs is 1. The molecule has 0 saturated carbocycles. The second-order valence-electron chi connectivity index (χ2n) is 5.10.